The smallest absolute Gasteiger partial charge is 0.242 e. The van der Waals surface area contributed by atoms with Crippen molar-refractivity contribution in [2.24, 2.45) is 5.73 Å². The number of phenolic OH excluding ortho intramolecular Hbond substituents is 1. The fourth-order valence-electron chi connectivity index (χ4n) is 4.38. The molecule has 0 radical (unpaired) electrons. The summed E-state index contributed by atoms with van der Waals surface area (Å²) in [6.07, 6.45) is 3.62. The number of hydrogen-bond acceptors (Lipinski definition) is 4. The lowest BCUT2D eigenvalue weighted by atomic mass is 9.95. The van der Waals surface area contributed by atoms with Gasteiger partial charge in [0.2, 0.25) is 11.8 Å². The van der Waals surface area contributed by atoms with Crippen molar-refractivity contribution < 1.29 is 14.7 Å². The second-order valence-corrected chi connectivity index (χ2v) is 8.44. The summed E-state index contributed by atoms with van der Waals surface area (Å²) < 4.78 is 0. The van der Waals surface area contributed by atoms with E-state index in [9.17, 15) is 14.7 Å². The first kappa shape index (κ1) is 22.8. The number of nitrogens with zero attached hydrogens (tertiary/aromatic N) is 1. The van der Waals surface area contributed by atoms with Crippen LogP contribution in [0, 0.1) is 13.8 Å². The highest BCUT2D eigenvalue weighted by molar-refractivity contribution is 5.90. The van der Waals surface area contributed by atoms with Gasteiger partial charge in [-0.3, -0.25) is 9.59 Å². The second-order valence-electron chi connectivity index (χ2n) is 8.44. The monoisotopic (exact) mass is 423 g/mol. The van der Waals surface area contributed by atoms with Gasteiger partial charge in [-0.2, -0.15) is 0 Å². The molecule has 6 nitrogen and oxygen atoms in total. The number of benzene rings is 2. The Balaban J connectivity index is 1.53. The summed E-state index contributed by atoms with van der Waals surface area (Å²) in [5.74, 6) is -0.0703. The van der Waals surface area contributed by atoms with Crippen molar-refractivity contribution in [1.82, 2.24) is 10.2 Å². The number of likely N-dealkylation sites (tertiary alicyclic amines) is 1. The maximum atomic E-state index is 13.0. The van der Waals surface area contributed by atoms with Crippen molar-refractivity contribution in [1.29, 1.82) is 0 Å². The zero-order chi connectivity index (χ0) is 22.4. The fraction of sp³-hybridized carbons (Fsp3) is 0.440. The van der Waals surface area contributed by atoms with Crippen molar-refractivity contribution in [2.75, 3.05) is 13.1 Å². The first-order valence-electron chi connectivity index (χ1n) is 11.0. The van der Waals surface area contributed by atoms with E-state index >= 15 is 0 Å². The van der Waals surface area contributed by atoms with Gasteiger partial charge >= 0.3 is 0 Å². The van der Waals surface area contributed by atoms with E-state index in [1.54, 1.807) is 17.0 Å². The molecular weight excluding hydrogens is 390 g/mol. The molecule has 0 bridgehead atoms. The summed E-state index contributed by atoms with van der Waals surface area (Å²) in [6.45, 7) is 4.95. The van der Waals surface area contributed by atoms with Gasteiger partial charge in [0.05, 0.1) is 6.04 Å². The maximum absolute atomic E-state index is 13.0. The quantitative estimate of drug-likeness (QED) is 0.569. The van der Waals surface area contributed by atoms with E-state index in [-0.39, 0.29) is 17.6 Å². The number of aryl methyl sites for hydroxylation is 3. The Morgan fingerprint density at radius 2 is 1.87 bits per heavy atom. The number of carbonyl (C=O) groups is 2. The standard InChI is InChI=1S/C25H33N3O3/c1-17-14-20(29)15-18(2)21(17)16-22(26)25(31)28-13-7-11-23(28)24(30)27-12-6-10-19-8-4-3-5-9-19/h3-5,8-9,14-15,22-23,29H,6-7,10-13,16,26H2,1-2H3,(H,27,30)/t22-,23+/m0/s1. The first-order chi connectivity index (χ1) is 14.9. The average Bonchev–Trinajstić information content (AvgIpc) is 3.23. The van der Waals surface area contributed by atoms with Crippen LogP contribution in [0.4, 0.5) is 0 Å². The molecule has 1 aliphatic rings. The fourth-order valence-corrected chi connectivity index (χ4v) is 4.38. The van der Waals surface area contributed by atoms with E-state index in [0.717, 1.165) is 36.0 Å². The predicted octanol–water partition coefficient (Wildman–Crippen LogP) is 2.62. The topological polar surface area (TPSA) is 95.7 Å². The molecule has 0 saturated carbocycles. The van der Waals surface area contributed by atoms with Gasteiger partial charge in [0.15, 0.2) is 0 Å². The van der Waals surface area contributed by atoms with Crippen LogP contribution in [-0.4, -0.2) is 47.0 Å². The number of aromatic hydroxyl groups is 1. The summed E-state index contributed by atoms with van der Waals surface area (Å²) in [4.78, 5) is 27.4. The lowest BCUT2D eigenvalue weighted by molar-refractivity contribution is -0.139. The Kier molecular flexibility index (Phi) is 7.69. The molecule has 1 fully saturated rings. The van der Waals surface area contributed by atoms with Crippen molar-refractivity contribution in [3.8, 4) is 5.75 Å². The number of nitrogens with one attached hydrogen (secondary N) is 1. The molecule has 0 aliphatic carbocycles. The minimum atomic E-state index is -0.714. The highest BCUT2D eigenvalue weighted by Crippen LogP contribution is 2.24. The third kappa shape index (κ3) is 5.85. The van der Waals surface area contributed by atoms with Crippen molar-refractivity contribution in [2.45, 2.75) is 58.0 Å². The van der Waals surface area contributed by atoms with Crippen LogP contribution in [0.25, 0.3) is 0 Å². The van der Waals surface area contributed by atoms with Gasteiger partial charge < -0.3 is 21.1 Å². The molecule has 2 aromatic carbocycles. The molecule has 2 amide bonds. The zero-order valence-corrected chi connectivity index (χ0v) is 18.4. The van der Waals surface area contributed by atoms with Crippen molar-refractivity contribution in [3.05, 3.63) is 64.7 Å². The molecule has 0 unspecified atom stereocenters. The molecule has 0 spiro atoms. The van der Waals surface area contributed by atoms with E-state index < -0.39 is 12.1 Å². The number of rotatable bonds is 8. The van der Waals surface area contributed by atoms with Crippen LogP contribution < -0.4 is 11.1 Å². The molecule has 1 aliphatic heterocycles. The van der Waals surface area contributed by atoms with Crippen LogP contribution in [0.3, 0.4) is 0 Å². The van der Waals surface area contributed by atoms with Gasteiger partial charge in [0, 0.05) is 13.1 Å². The molecule has 166 valence electrons. The summed E-state index contributed by atoms with van der Waals surface area (Å²) in [6, 6.07) is 12.4. The van der Waals surface area contributed by atoms with Gasteiger partial charge in [0.1, 0.15) is 11.8 Å². The molecule has 4 N–H and O–H groups in total. The van der Waals surface area contributed by atoms with Crippen LogP contribution in [0.2, 0.25) is 0 Å². The molecular formula is C25H33N3O3. The predicted molar refractivity (Wildman–Crippen MR) is 122 cm³/mol. The Labute approximate surface area is 184 Å². The SMILES string of the molecule is Cc1cc(O)cc(C)c1C[C@H](N)C(=O)N1CCC[C@@H]1C(=O)NCCCc1ccccc1. The number of phenols is 1. The molecule has 0 aromatic heterocycles. The largest absolute Gasteiger partial charge is 0.508 e. The van der Waals surface area contributed by atoms with Crippen LogP contribution in [0.5, 0.6) is 5.75 Å². The summed E-state index contributed by atoms with van der Waals surface area (Å²) in [5, 5.41) is 12.7. The van der Waals surface area contributed by atoms with E-state index in [4.69, 9.17) is 5.73 Å². The maximum Gasteiger partial charge on any atom is 0.242 e. The van der Waals surface area contributed by atoms with E-state index in [2.05, 4.69) is 17.4 Å². The lowest BCUT2D eigenvalue weighted by Crippen LogP contribution is -2.52. The minimum absolute atomic E-state index is 0.0943. The molecule has 31 heavy (non-hydrogen) atoms. The second kappa shape index (κ2) is 10.4. The van der Waals surface area contributed by atoms with Crippen LogP contribution in [0.15, 0.2) is 42.5 Å². The van der Waals surface area contributed by atoms with E-state index in [1.165, 1.54) is 5.56 Å². The van der Waals surface area contributed by atoms with Gasteiger partial charge in [0.25, 0.3) is 0 Å². The zero-order valence-electron chi connectivity index (χ0n) is 18.4. The Bertz CT molecular complexity index is 890. The highest BCUT2D eigenvalue weighted by Gasteiger charge is 2.36. The normalized spacial score (nSPS) is 16.9. The molecule has 1 saturated heterocycles. The van der Waals surface area contributed by atoms with Gasteiger partial charge in [-0.15, -0.1) is 0 Å². The number of hydrogen-bond donors (Lipinski definition) is 3. The summed E-state index contributed by atoms with van der Waals surface area (Å²) >= 11 is 0. The highest BCUT2D eigenvalue weighted by atomic mass is 16.3. The Morgan fingerprint density at radius 1 is 1.19 bits per heavy atom. The van der Waals surface area contributed by atoms with Gasteiger partial charge in [-0.1, -0.05) is 30.3 Å². The number of nitrogens with two attached hydrogens (primary N) is 1. The van der Waals surface area contributed by atoms with Crippen LogP contribution in [-0.2, 0) is 22.4 Å². The summed E-state index contributed by atoms with van der Waals surface area (Å²) in [7, 11) is 0. The molecule has 1 heterocycles. The molecule has 3 rings (SSSR count). The summed E-state index contributed by atoms with van der Waals surface area (Å²) in [5.41, 5.74) is 10.3. The number of amides is 2. The third-order valence-electron chi connectivity index (χ3n) is 6.04. The van der Waals surface area contributed by atoms with Crippen LogP contribution >= 0.6 is 0 Å². The molecule has 6 heteroatoms. The van der Waals surface area contributed by atoms with Gasteiger partial charge in [-0.05, 0) is 80.3 Å². The lowest BCUT2D eigenvalue weighted by Gasteiger charge is -2.27. The molecule has 2 aromatic rings. The average molecular weight is 424 g/mol. The van der Waals surface area contributed by atoms with Crippen molar-refractivity contribution in [3.63, 3.8) is 0 Å². The van der Waals surface area contributed by atoms with Crippen molar-refractivity contribution >= 4 is 11.8 Å². The third-order valence-corrected chi connectivity index (χ3v) is 6.04. The van der Waals surface area contributed by atoms with E-state index in [1.807, 2.05) is 32.0 Å². The van der Waals surface area contributed by atoms with Crippen LogP contribution in [0.1, 0.15) is 41.5 Å². The minimum Gasteiger partial charge on any atom is -0.508 e. The Morgan fingerprint density at radius 3 is 2.55 bits per heavy atom. The van der Waals surface area contributed by atoms with E-state index in [0.29, 0.717) is 25.9 Å². The molecule has 2 atom stereocenters. The van der Waals surface area contributed by atoms with Gasteiger partial charge in [-0.25, -0.2) is 0 Å². The Hall–Kier alpha value is -2.86. The number of carbonyl (C=O) groups excluding carboxylic acids is 2. The first-order valence-corrected chi connectivity index (χ1v) is 11.0.